The van der Waals surface area contributed by atoms with Crippen LogP contribution in [0.1, 0.15) is 116 Å². The van der Waals surface area contributed by atoms with Crippen molar-refractivity contribution in [1.82, 2.24) is 14.8 Å². The highest BCUT2D eigenvalue weighted by Crippen LogP contribution is 2.77. The molecule has 6 fully saturated rings. The van der Waals surface area contributed by atoms with Crippen molar-refractivity contribution in [1.29, 1.82) is 0 Å². The summed E-state index contributed by atoms with van der Waals surface area (Å²) in [6, 6.07) is 3.98. The second-order valence-corrected chi connectivity index (χ2v) is 22.1. The number of nitrogens with zero attached hydrogens (tertiary/aromatic N) is 4. The molecule has 284 valence electrons. The van der Waals surface area contributed by atoms with Crippen molar-refractivity contribution in [2.75, 3.05) is 62.7 Å². The van der Waals surface area contributed by atoms with Crippen LogP contribution < -0.4 is 4.90 Å². The van der Waals surface area contributed by atoms with E-state index < -0.39 is 9.84 Å². The number of piperidine rings is 1. The first-order valence-electron chi connectivity index (χ1n) is 20.5. The Kier molecular flexibility index (Phi) is 9.73. The van der Waals surface area contributed by atoms with Gasteiger partial charge in [0.05, 0.1) is 23.4 Å². The van der Waals surface area contributed by atoms with Crippen molar-refractivity contribution in [3.63, 3.8) is 0 Å². The zero-order chi connectivity index (χ0) is 36.6. The number of hydrogen-bond donors (Lipinski definition) is 0. The van der Waals surface area contributed by atoms with Gasteiger partial charge in [-0.2, -0.15) is 0 Å². The molecule has 9 atom stereocenters. The van der Waals surface area contributed by atoms with Gasteiger partial charge in [-0.15, -0.1) is 0 Å². The smallest absolute Gasteiger partial charge is 0.168 e. The van der Waals surface area contributed by atoms with Crippen LogP contribution in [0.3, 0.4) is 0 Å². The minimum atomic E-state index is -2.83. The summed E-state index contributed by atoms with van der Waals surface area (Å²) in [5.74, 6) is 4.08. The fourth-order valence-corrected chi connectivity index (χ4v) is 15.8. The minimum absolute atomic E-state index is 0.0188. The standard InChI is InChI=1S/C43H68N4O3S/c1-31(2)34-14-17-43(30-45(8)21-9-22-46-24-26-51(49,50)27-25-46)19-18-41(6)35(38(34)43)12-13-37-40(5)20-23-47(33-11-10-32(29-48)44-28-33)39(3,4)36(40)15-16-42(37,41)7/h10-11,28-29,34-38H,1,9,12-27,30H2,2-8H3/t34-,35+,36-,37+,38+,40-,41+,42+,43+/m0/s1. The lowest BCUT2D eigenvalue weighted by molar-refractivity contribution is -0.229. The van der Waals surface area contributed by atoms with Crippen molar-refractivity contribution < 1.29 is 13.2 Å². The zero-order valence-electron chi connectivity index (χ0n) is 33.1. The van der Waals surface area contributed by atoms with Gasteiger partial charge in [0.15, 0.2) is 16.1 Å². The molecule has 51 heavy (non-hydrogen) atoms. The summed E-state index contributed by atoms with van der Waals surface area (Å²) in [5, 5.41) is 0. The predicted octanol–water partition coefficient (Wildman–Crippen LogP) is 7.77. The van der Waals surface area contributed by atoms with E-state index >= 15 is 0 Å². The maximum absolute atomic E-state index is 11.9. The Balaban J connectivity index is 1.09. The quantitative estimate of drug-likeness (QED) is 0.191. The first-order valence-corrected chi connectivity index (χ1v) is 22.3. The molecule has 3 heterocycles. The second-order valence-electron chi connectivity index (χ2n) is 19.7. The Morgan fingerprint density at radius 2 is 1.69 bits per heavy atom. The average Bonchev–Trinajstić information content (AvgIpc) is 3.45. The lowest BCUT2D eigenvalue weighted by Crippen LogP contribution is -2.70. The van der Waals surface area contributed by atoms with Crippen LogP contribution >= 0.6 is 0 Å². The maximum atomic E-state index is 11.9. The van der Waals surface area contributed by atoms with E-state index in [0.29, 0.717) is 69.7 Å². The number of aromatic nitrogens is 1. The van der Waals surface area contributed by atoms with Crippen LogP contribution in [0.5, 0.6) is 0 Å². The molecule has 4 aliphatic carbocycles. The van der Waals surface area contributed by atoms with Gasteiger partial charge in [0.25, 0.3) is 0 Å². The predicted molar refractivity (Wildman–Crippen MR) is 209 cm³/mol. The van der Waals surface area contributed by atoms with Crippen LogP contribution in [0.2, 0.25) is 0 Å². The fourth-order valence-electron chi connectivity index (χ4n) is 14.5. The van der Waals surface area contributed by atoms with Gasteiger partial charge in [0.1, 0.15) is 5.69 Å². The van der Waals surface area contributed by atoms with Crippen molar-refractivity contribution in [3.8, 4) is 0 Å². The second kappa shape index (κ2) is 13.2. The van der Waals surface area contributed by atoms with Crippen LogP contribution in [0.15, 0.2) is 30.5 Å². The molecule has 2 aliphatic heterocycles. The van der Waals surface area contributed by atoms with E-state index in [9.17, 15) is 13.2 Å². The van der Waals surface area contributed by atoms with Crippen LogP contribution in [-0.2, 0) is 9.84 Å². The van der Waals surface area contributed by atoms with Gasteiger partial charge in [-0.05, 0) is 168 Å². The Bertz CT molecular complexity index is 1580. The van der Waals surface area contributed by atoms with E-state index in [4.69, 9.17) is 0 Å². The molecule has 1 aromatic rings. The molecule has 1 aromatic heterocycles. The summed E-state index contributed by atoms with van der Waals surface area (Å²) < 4.78 is 23.9. The van der Waals surface area contributed by atoms with E-state index in [2.05, 4.69) is 80.9 Å². The summed E-state index contributed by atoms with van der Waals surface area (Å²) >= 11 is 0. The Morgan fingerprint density at radius 3 is 2.35 bits per heavy atom. The normalized spacial score (nSPS) is 41.6. The molecule has 2 saturated heterocycles. The van der Waals surface area contributed by atoms with Crippen molar-refractivity contribution in [2.45, 2.75) is 111 Å². The van der Waals surface area contributed by atoms with Gasteiger partial charge in [0.2, 0.25) is 0 Å². The number of pyridine rings is 1. The summed E-state index contributed by atoms with van der Waals surface area (Å²) in [6.45, 7) is 25.8. The van der Waals surface area contributed by atoms with Gasteiger partial charge >= 0.3 is 0 Å². The first-order chi connectivity index (χ1) is 24.0. The highest BCUT2D eigenvalue weighted by Gasteiger charge is 2.70. The molecule has 0 spiro atoms. The SMILES string of the molecule is C=C(C)[C@@H]1CC[C@]2(CN(C)CCCN3CCS(=O)(=O)CC3)CC[C@]3(C)[C@H](CC[C@@H]4[C@@]5(C)CCN(c6ccc(C=O)nc6)C(C)(C)[C@@H]5CC[C@]43C)[C@@H]12. The highest BCUT2D eigenvalue weighted by atomic mass is 32.2. The van der Waals surface area contributed by atoms with E-state index in [-0.39, 0.29) is 5.54 Å². The van der Waals surface area contributed by atoms with E-state index in [0.717, 1.165) is 49.9 Å². The third-order valence-electron chi connectivity index (χ3n) is 17.2. The number of hydrogen-bond acceptors (Lipinski definition) is 7. The Hall–Kier alpha value is -1.77. The molecule has 7 rings (SSSR count). The molecule has 0 unspecified atom stereocenters. The van der Waals surface area contributed by atoms with Crippen LogP contribution in [-0.4, -0.2) is 92.8 Å². The van der Waals surface area contributed by atoms with Crippen molar-refractivity contribution in [3.05, 3.63) is 36.2 Å². The third kappa shape index (κ3) is 6.08. The lowest BCUT2D eigenvalue weighted by atomic mass is 9.33. The highest BCUT2D eigenvalue weighted by molar-refractivity contribution is 7.91. The Labute approximate surface area is 310 Å². The van der Waals surface area contributed by atoms with Gasteiger partial charge in [0, 0.05) is 31.7 Å². The molecular weight excluding hydrogens is 653 g/mol. The van der Waals surface area contributed by atoms with Gasteiger partial charge < -0.3 is 14.7 Å². The number of fused-ring (bicyclic) bond motifs is 7. The van der Waals surface area contributed by atoms with Gasteiger partial charge in [-0.25, -0.2) is 8.42 Å². The zero-order valence-corrected chi connectivity index (χ0v) is 33.9. The number of anilines is 1. The average molecular weight is 721 g/mol. The monoisotopic (exact) mass is 721 g/mol. The molecule has 0 radical (unpaired) electrons. The minimum Gasteiger partial charge on any atom is -0.365 e. The lowest BCUT2D eigenvalue weighted by Gasteiger charge is -2.73. The van der Waals surface area contributed by atoms with E-state index in [1.807, 2.05) is 12.3 Å². The molecule has 0 aromatic carbocycles. The molecular formula is C43H68N4O3S. The number of sulfone groups is 1. The van der Waals surface area contributed by atoms with E-state index in [1.165, 1.54) is 69.9 Å². The van der Waals surface area contributed by atoms with Gasteiger partial charge in [-0.1, -0.05) is 32.9 Å². The molecule has 8 heteroatoms. The van der Waals surface area contributed by atoms with Crippen LogP contribution in [0.25, 0.3) is 0 Å². The van der Waals surface area contributed by atoms with Crippen LogP contribution in [0.4, 0.5) is 5.69 Å². The Morgan fingerprint density at radius 1 is 0.941 bits per heavy atom. The summed E-state index contributed by atoms with van der Waals surface area (Å²) in [6.07, 6.45) is 15.7. The summed E-state index contributed by atoms with van der Waals surface area (Å²) in [4.78, 5) is 23.4. The molecule has 0 N–H and O–H groups in total. The van der Waals surface area contributed by atoms with Crippen molar-refractivity contribution >= 4 is 21.8 Å². The molecule has 6 aliphatic rings. The number of allylic oxidation sites excluding steroid dienone is 1. The van der Waals surface area contributed by atoms with E-state index in [1.54, 1.807) is 0 Å². The molecule has 7 nitrogen and oxygen atoms in total. The van der Waals surface area contributed by atoms with Crippen molar-refractivity contribution in [2.24, 2.45) is 51.2 Å². The number of rotatable bonds is 9. The maximum Gasteiger partial charge on any atom is 0.168 e. The number of carbonyl (C=O) groups is 1. The molecule has 0 amide bonds. The third-order valence-corrected chi connectivity index (χ3v) is 18.8. The summed E-state index contributed by atoms with van der Waals surface area (Å²) in [5.41, 5.74) is 4.42. The van der Waals surface area contributed by atoms with Crippen LogP contribution in [0, 0.1) is 51.2 Å². The molecule has 4 saturated carbocycles. The number of aldehydes is 1. The fraction of sp³-hybridized carbons (Fsp3) is 0.814. The largest absolute Gasteiger partial charge is 0.365 e. The first kappa shape index (κ1) is 37.5. The van der Waals surface area contributed by atoms with Gasteiger partial charge in [-0.3, -0.25) is 9.78 Å². The topological polar surface area (TPSA) is 73.8 Å². The summed E-state index contributed by atoms with van der Waals surface area (Å²) in [7, 11) is -0.471. The number of carbonyl (C=O) groups excluding carboxylic acids is 1. The molecule has 0 bridgehead atoms.